The maximum atomic E-state index is 11.7. The zero-order chi connectivity index (χ0) is 12.4. The van der Waals surface area contributed by atoms with E-state index in [4.69, 9.17) is 0 Å². The summed E-state index contributed by atoms with van der Waals surface area (Å²) in [5, 5.41) is 2.79. The number of rotatable bonds is 2. The van der Waals surface area contributed by atoms with E-state index >= 15 is 0 Å². The van der Waals surface area contributed by atoms with Gasteiger partial charge in [-0.15, -0.1) is 0 Å². The molecule has 3 rings (SSSR count). The lowest BCUT2D eigenvalue weighted by Crippen LogP contribution is -2.28. The molecule has 1 saturated heterocycles. The number of carbonyl (C=O) groups is 1. The summed E-state index contributed by atoms with van der Waals surface area (Å²) in [4.78, 5) is 21.8. The van der Waals surface area contributed by atoms with Crippen LogP contribution in [0.2, 0.25) is 0 Å². The average molecular weight is 240 g/mol. The lowest BCUT2D eigenvalue weighted by atomic mass is 10.1. The number of pyridine rings is 2. The molecule has 0 aromatic carbocycles. The highest BCUT2D eigenvalue weighted by Gasteiger charge is 2.24. The van der Waals surface area contributed by atoms with Crippen LogP contribution in [-0.4, -0.2) is 29.1 Å². The van der Waals surface area contributed by atoms with Crippen molar-refractivity contribution in [1.82, 2.24) is 15.3 Å². The zero-order valence-corrected chi connectivity index (χ0v) is 9.71. The van der Waals surface area contributed by atoms with Crippen LogP contribution in [0.25, 0.3) is 11.3 Å². The Kier molecular flexibility index (Phi) is 2.64. The fraction of sp³-hybridized carbons (Fsp3) is 0.154. The van der Waals surface area contributed by atoms with Crippen molar-refractivity contribution in [2.75, 3.05) is 18.0 Å². The minimum Gasteiger partial charge on any atom is -0.336 e. The van der Waals surface area contributed by atoms with E-state index < -0.39 is 0 Å². The highest BCUT2D eigenvalue weighted by atomic mass is 16.2. The van der Waals surface area contributed by atoms with Crippen molar-refractivity contribution < 1.29 is 4.79 Å². The average Bonchev–Trinajstić information content (AvgIpc) is 2.86. The van der Waals surface area contributed by atoms with Gasteiger partial charge in [0, 0.05) is 31.0 Å². The quantitative estimate of drug-likeness (QED) is 0.868. The number of hydrogen-bond donors (Lipinski definition) is 1. The third kappa shape index (κ3) is 1.79. The van der Waals surface area contributed by atoms with Crippen LogP contribution in [0.5, 0.6) is 0 Å². The SMILES string of the molecule is O=C1NCCN1c1cnccc1-c1ccccn1. The third-order valence-corrected chi connectivity index (χ3v) is 2.89. The molecule has 1 fully saturated rings. The number of anilines is 1. The summed E-state index contributed by atoms with van der Waals surface area (Å²) in [6.45, 7) is 1.32. The maximum absolute atomic E-state index is 11.7. The van der Waals surface area contributed by atoms with Crippen LogP contribution in [-0.2, 0) is 0 Å². The number of nitrogens with one attached hydrogen (secondary N) is 1. The van der Waals surface area contributed by atoms with Crippen LogP contribution >= 0.6 is 0 Å². The van der Waals surface area contributed by atoms with Crippen LogP contribution < -0.4 is 10.2 Å². The van der Waals surface area contributed by atoms with Crippen LogP contribution in [0.1, 0.15) is 0 Å². The van der Waals surface area contributed by atoms with Crippen molar-refractivity contribution in [2.45, 2.75) is 0 Å². The molecule has 1 aliphatic rings. The van der Waals surface area contributed by atoms with Crippen molar-refractivity contribution in [3.8, 4) is 11.3 Å². The molecule has 0 bridgehead atoms. The molecule has 0 aliphatic carbocycles. The van der Waals surface area contributed by atoms with E-state index in [9.17, 15) is 4.79 Å². The summed E-state index contributed by atoms with van der Waals surface area (Å²) in [7, 11) is 0. The smallest absolute Gasteiger partial charge is 0.322 e. The first-order valence-electron chi connectivity index (χ1n) is 5.77. The summed E-state index contributed by atoms with van der Waals surface area (Å²) in [5.74, 6) is 0. The van der Waals surface area contributed by atoms with Crippen molar-refractivity contribution >= 4 is 11.7 Å². The summed E-state index contributed by atoms with van der Waals surface area (Å²) < 4.78 is 0. The van der Waals surface area contributed by atoms with Crippen LogP contribution in [0.4, 0.5) is 10.5 Å². The topological polar surface area (TPSA) is 58.1 Å². The second kappa shape index (κ2) is 4.44. The van der Waals surface area contributed by atoms with Crippen molar-refractivity contribution in [1.29, 1.82) is 0 Å². The second-order valence-electron chi connectivity index (χ2n) is 3.99. The first-order chi connectivity index (χ1) is 8.86. The molecule has 2 aromatic rings. The van der Waals surface area contributed by atoms with Gasteiger partial charge in [-0.3, -0.25) is 14.9 Å². The standard InChI is InChI=1S/C13H12N4O/c18-13-16-7-8-17(13)12-9-14-6-4-10(12)11-3-1-2-5-15-11/h1-6,9H,7-8H2,(H,16,18). The number of amides is 2. The number of carbonyl (C=O) groups excluding carboxylic acids is 1. The van der Waals surface area contributed by atoms with E-state index in [1.807, 2.05) is 24.3 Å². The molecular formula is C13H12N4O. The van der Waals surface area contributed by atoms with E-state index in [-0.39, 0.29) is 6.03 Å². The van der Waals surface area contributed by atoms with Gasteiger partial charge >= 0.3 is 6.03 Å². The predicted octanol–water partition coefficient (Wildman–Crippen LogP) is 1.67. The third-order valence-electron chi connectivity index (χ3n) is 2.89. The minimum absolute atomic E-state index is 0.0832. The molecule has 2 amide bonds. The van der Waals surface area contributed by atoms with Gasteiger partial charge in [0.25, 0.3) is 0 Å². The van der Waals surface area contributed by atoms with Crippen molar-refractivity contribution in [2.24, 2.45) is 0 Å². The summed E-state index contributed by atoms with van der Waals surface area (Å²) in [6.07, 6.45) is 5.15. The highest BCUT2D eigenvalue weighted by Crippen LogP contribution is 2.29. The van der Waals surface area contributed by atoms with Crippen molar-refractivity contribution in [3.63, 3.8) is 0 Å². The molecule has 1 N–H and O–H groups in total. The van der Waals surface area contributed by atoms with Gasteiger partial charge in [-0.25, -0.2) is 4.79 Å². The van der Waals surface area contributed by atoms with Gasteiger partial charge in [0.05, 0.1) is 17.6 Å². The fourth-order valence-corrected chi connectivity index (χ4v) is 2.04. The van der Waals surface area contributed by atoms with Gasteiger partial charge in [-0.1, -0.05) is 6.07 Å². The number of aromatic nitrogens is 2. The predicted molar refractivity (Wildman–Crippen MR) is 68.2 cm³/mol. The van der Waals surface area contributed by atoms with E-state index in [2.05, 4.69) is 15.3 Å². The lowest BCUT2D eigenvalue weighted by molar-refractivity contribution is 0.252. The normalized spacial score (nSPS) is 14.7. The molecule has 18 heavy (non-hydrogen) atoms. The van der Waals surface area contributed by atoms with Crippen LogP contribution in [0.15, 0.2) is 42.9 Å². The van der Waals surface area contributed by atoms with Gasteiger partial charge in [-0.2, -0.15) is 0 Å². The molecule has 5 heteroatoms. The molecule has 2 aromatic heterocycles. The zero-order valence-electron chi connectivity index (χ0n) is 9.71. The Balaban J connectivity index is 2.08. The molecule has 0 radical (unpaired) electrons. The lowest BCUT2D eigenvalue weighted by Gasteiger charge is -2.17. The maximum Gasteiger partial charge on any atom is 0.322 e. The number of nitrogens with zero attached hydrogens (tertiary/aromatic N) is 3. The molecular weight excluding hydrogens is 228 g/mol. The molecule has 1 aliphatic heterocycles. The van der Waals surface area contributed by atoms with Gasteiger partial charge < -0.3 is 5.32 Å². The van der Waals surface area contributed by atoms with Gasteiger partial charge in [0.15, 0.2) is 0 Å². The van der Waals surface area contributed by atoms with Crippen LogP contribution in [0, 0.1) is 0 Å². The molecule has 0 saturated carbocycles. The Bertz CT molecular complexity index is 570. The number of hydrogen-bond acceptors (Lipinski definition) is 3. The largest absolute Gasteiger partial charge is 0.336 e. The highest BCUT2D eigenvalue weighted by molar-refractivity contribution is 5.97. The Morgan fingerprint density at radius 3 is 2.89 bits per heavy atom. The molecule has 0 spiro atoms. The monoisotopic (exact) mass is 240 g/mol. The minimum atomic E-state index is -0.0832. The molecule has 0 atom stereocenters. The van der Waals surface area contributed by atoms with Gasteiger partial charge in [0.2, 0.25) is 0 Å². The van der Waals surface area contributed by atoms with E-state index in [0.717, 1.165) is 16.9 Å². The fourth-order valence-electron chi connectivity index (χ4n) is 2.04. The second-order valence-corrected chi connectivity index (χ2v) is 3.99. The summed E-state index contributed by atoms with van der Waals surface area (Å²) in [6, 6.07) is 7.51. The Morgan fingerprint density at radius 2 is 2.17 bits per heavy atom. The van der Waals surface area contributed by atoms with Gasteiger partial charge in [-0.05, 0) is 18.2 Å². The first kappa shape index (κ1) is 10.7. The summed E-state index contributed by atoms with van der Waals surface area (Å²) >= 11 is 0. The molecule has 90 valence electrons. The van der Waals surface area contributed by atoms with Crippen molar-refractivity contribution in [3.05, 3.63) is 42.9 Å². The van der Waals surface area contributed by atoms with E-state index in [0.29, 0.717) is 13.1 Å². The van der Waals surface area contributed by atoms with E-state index in [1.165, 1.54) is 0 Å². The molecule has 0 unspecified atom stereocenters. The molecule has 5 nitrogen and oxygen atoms in total. The summed E-state index contributed by atoms with van der Waals surface area (Å²) in [5.41, 5.74) is 2.56. The Morgan fingerprint density at radius 1 is 1.22 bits per heavy atom. The van der Waals surface area contributed by atoms with Gasteiger partial charge in [0.1, 0.15) is 0 Å². The Hall–Kier alpha value is -2.43. The van der Waals surface area contributed by atoms with E-state index in [1.54, 1.807) is 23.5 Å². The molecule has 3 heterocycles. The Labute approximate surface area is 104 Å². The number of urea groups is 1. The van der Waals surface area contributed by atoms with Crippen LogP contribution in [0.3, 0.4) is 0 Å². The first-order valence-corrected chi connectivity index (χ1v) is 5.77.